The van der Waals surface area contributed by atoms with E-state index >= 15 is 0 Å². The van der Waals surface area contributed by atoms with Crippen molar-refractivity contribution in [1.82, 2.24) is 31.2 Å². The summed E-state index contributed by atoms with van der Waals surface area (Å²) in [6.07, 6.45) is 1.49. The lowest BCUT2D eigenvalue weighted by molar-refractivity contribution is -0.164. The summed E-state index contributed by atoms with van der Waals surface area (Å²) in [5.41, 5.74) is 4.21. The molecule has 2 fully saturated rings. The lowest BCUT2D eigenvalue weighted by Crippen LogP contribution is -2.74. The second-order valence-electron chi connectivity index (χ2n) is 19.9. The number of β-amino-alcohol motifs (C(OH)–C–C–N with tert-alkyl or cyclic N) is 1. The number of benzene rings is 3. The summed E-state index contributed by atoms with van der Waals surface area (Å²) in [5, 5.41) is 32.3. The van der Waals surface area contributed by atoms with Crippen LogP contribution in [0.25, 0.3) is 10.4 Å². The van der Waals surface area contributed by atoms with Gasteiger partial charge in [-0.2, -0.15) is 5.26 Å². The number of nitrogens with one attached hydrogen (secondary N) is 4. The molecule has 4 amide bonds. The molecule has 1 aliphatic carbocycles. The quantitative estimate of drug-likeness (QED) is 0.0600. The van der Waals surface area contributed by atoms with Gasteiger partial charge in [-0.3, -0.25) is 19.2 Å². The smallest absolute Gasteiger partial charge is 0.251 e. The van der Waals surface area contributed by atoms with E-state index in [2.05, 4.69) is 60.0 Å². The molecule has 0 spiro atoms. The van der Waals surface area contributed by atoms with E-state index in [-0.39, 0.29) is 66.8 Å². The number of hydrogen-bond acceptors (Lipinski definition) is 11. The summed E-state index contributed by atoms with van der Waals surface area (Å²) >= 11 is 7.81. The Morgan fingerprint density at radius 1 is 0.985 bits per heavy atom. The van der Waals surface area contributed by atoms with Crippen LogP contribution in [0.5, 0.6) is 11.5 Å². The molecule has 5 N–H and O–H groups in total. The lowest BCUT2D eigenvalue weighted by atomic mass is 9.49. The van der Waals surface area contributed by atoms with Crippen LogP contribution < -0.4 is 30.7 Å². The topological polar surface area (TPSA) is 195 Å². The number of hydrogen-bond donors (Lipinski definition) is 5. The van der Waals surface area contributed by atoms with E-state index in [1.54, 1.807) is 53.8 Å². The zero-order chi connectivity index (χ0) is 48.7. The van der Waals surface area contributed by atoms with E-state index in [0.717, 1.165) is 41.0 Å². The molecule has 14 nitrogen and oxygen atoms in total. The van der Waals surface area contributed by atoms with Gasteiger partial charge in [-0.15, -0.1) is 11.3 Å². The number of thiazole rings is 1. The van der Waals surface area contributed by atoms with Gasteiger partial charge < -0.3 is 40.7 Å². The van der Waals surface area contributed by atoms with Crippen molar-refractivity contribution in [3.05, 3.63) is 99.6 Å². The molecule has 4 aromatic rings. The maximum Gasteiger partial charge on any atom is 0.251 e. The number of ether oxygens (including phenoxy) is 2. The van der Waals surface area contributed by atoms with Crippen LogP contribution in [0.2, 0.25) is 5.02 Å². The van der Waals surface area contributed by atoms with E-state index in [4.69, 9.17) is 21.1 Å². The third-order valence-corrected chi connectivity index (χ3v) is 14.1. The number of aryl methyl sites for hydroxylation is 1. The fourth-order valence-corrected chi connectivity index (χ4v) is 10.5. The maximum atomic E-state index is 14.0. The standard InChI is InChI=1S/C51H64ClN7O7S/c1-31-42(67-30-56-31)33-14-12-32(13-15-33)27-55-45(63)40-24-36(60)29-59(40)46(64)43(49(2,3)4)57-41(61)28-54-22-10-9-11-23-65-37-19-16-34(17-20-37)44(62)58-47-50(5,6)48(51(47,7)8)66-38-21-18-35(26-53)39(52)25-38/h12-21,25,30,36,40,43,47-48,54,60H,9-11,22-24,27-29H2,1-8H3,(H,55,63)(H,57,61)(H,58,62)/t36-,40+,43-,47?,48?/m1/s1. The van der Waals surface area contributed by atoms with Crippen LogP contribution in [0, 0.1) is 34.5 Å². The van der Waals surface area contributed by atoms with Crippen molar-refractivity contribution in [3.63, 3.8) is 0 Å². The molecule has 1 aliphatic heterocycles. The number of carbonyl (C=O) groups is 4. The molecular formula is C51H64ClN7O7S. The highest BCUT2D eigenvalue weighted by Crippen LogP contribution is 2.55. The number of likely N-dealkylation sites (tertiary alicyclic amines) is 1. The molecule has 16 heteroatoms. The molecular weight excluding hydrogens is 890 g/mol. The van der Waals surface area contributed by atoms with E-state index in [1.165, 1.54) is 4.90 Å². The van der Waals surface area contributed by atoms with Crippen molar-refractivity contribution in [2.45, 2.75) is 118 Å². The van der Waals surface area contributed by atoms with Gasteiger partial charge in [0.15, 0.2) is 0 Å². The highest BCUT2D eigenvalue weighted by atomic mass is 35.5. The fraction of sp³-hybridized carbons (Fsp3) is 0.490. The van der Waals surface area contributed by atoms with E-state index in [9.17, 15) is 29.5 Å². The van der Waals surface area contributed by atoms with Gasteiger partial charge in [-0.05, 0) is 85.7 Å². The van der Waals surface area contributed by atoms with E-state index in [1.807, 2.05) is 57.5 Å². The van der Waals surface area contributed by atoms with Crippen LogP contribution >= 0.6 is 22.9 Å². The largest absolute Gasteiger partial charge is 0.494 e. The van der Waals surface area contributed by atoms with Crippen molar-refractivity contribution in [3.8, 4) is 28.0 Å². The molecule has 6 rings (SSSR count). The minimum absolute atomic E-state index is 0.00261. The van der Waals surface area contributed by atoms with Crippen LogP contribution in [0.15, 0.2) is 72.2 Å². The second kappa shape index (κ2) is 21.6. The van der Waals surface area contributed by atoms with Crippen LogP contribution in [0.4, 0.5) is 0 Å². The van der Waals surface area contributed by atoms with Crippen molar-refractivity contribution >= 4 is 46.6 Å². The number of carbonyl (C=O) groups excluding carboxylic acids is 4. The maximum absolute atomic E-state index is 14.0. The highest BCUT2D eigenvalue weighted by Gasteiger charge is 2.64. The monoisotopic (exact) mass is 953 g/mol. The van der Waals surface area contributed by atoms with Crippen LogP contribution in [0.3, 0.4) is 0 Å². The van der Waals surface area contributed by atoms with E-state index in [0.29, 0.717) is 40.8 Å². The first-order chi connectivity index (χ1) is 31.7. The lowest BCUT2D eigenvalue weighted by Gasteiger charge is -2.63. The molecule has 0 bridgehead atoms. The number of rotatable bonds is 19. The average molecular weight is 955 g/mol. The van der Waals surface area contributed by atoms with Gasteiger partial charge in [-0.25, -0.2) is 4.98 Å². The first kappa shape index (κ1) is 50.9. The summed E-state index contributed by atoms with van der Waals surface area (Å²) in [6.45, 7) is 17.2. The second-order valence-corrected chi connectivity index (χ2v) is 21.1. The molecule has 1 saturated heterocycles. The first-order valence-corrected chi connectivity index (χ1v) is 24.1. The molecule has 2 aliphatic rings. The van der Waals surface area contributed by atoms with Gasteiger partial charge in [-0.1, -0.05) is 84.3 Å². The third-order valence-electron chi connectivity index (χ3n) is 12.8. The van der Waals surface area contributed by atoms with Crippen LogP contribution in [-0.2, 0) is 20.9 Å². The predicted octanol–water partition coefficient (Wildman–Crippen LogP) is 7.20. The molecule has 358 valence electrons. The Morgan fingerprint density at radius 3 is 2.30 bits per heavy atom. The Hall–Kier alpha value is -5.53. The Balaban J connectivity index is 0.878. The highest BCUT2D eigenvalue weighted by molar-refractivity contribution is 7.13. The number of aromatic nitrogens is 1. The molecule has 67 heavy (non-hydrogen) atoms. The Labute approximate surface area is 403 Å². The number of aliphatic hydroxyl groups excluding tert-OH is 1. The summed E-state index contributed by atoms with van der Waals surface area (Å²) in [6, 6.07) is 20.1. The zero-order valence-electron chi connectivity index (χ0n) is 39.7. The normalized spacial score (nSPS) is 19.9. The third kappa shape index (κ3) is 12.3. The molecule has 3 aromatic carbocycles. The minimum atomic E-state index is -0.913. The predicted molar refractivity (Wildman–Crippen MR) is 260 cm³/mol. The summed E-state index contributed by atoms with van der Waals surface area (Å²) in [5.74, 6) is -0.0510. The summed E-state index contributed by atoms with van der Waals surface area (Å²) < 4.78 is 12.3. The Bertz CT molecular complexity index is 2410. The number of nitriles is 1. The van der Waals surface area contributed by atoms with Crippen molar-refractivity contribution in [2.75, 3.05) is 26.2 Å². The number of nitrogens with zero attached hydrogens (tertiary/aromatic N) is 3. The van der Waals surface area contributed by atoms with Gasteiger partial charge in [0.1, 0.15) is 35.8 Å². The van der Waals surface area contributed by atoms with Crippen molar-refractivity contribution in [2.24, 2.45) is 16.2 Å². The van der Waals surface area contributed by atoms with Crippen molar-refractivity contribution in [1.29, 1.82) is 5.26 Å². The average Bonchev–Trinajstić information content (AvgIpc) is 3.91. The Morgan fingerprint density at radius 2 is 1.67 bits per heavy atom. The van der Waals surface area contributed by atoms with Gasteiger partial charge >= 0.3 is 0 Å². The number of amides is 4. The van der Waals surface area contributed by atoms with Crippen LogP contribution in [-0.4, -0.2) is 95.2 Å². The molecule has 3 atom stereocenters. The zero-order valence-corrected chi connectivity index (χ0v) is 41.3. The van der Waals surface area contributed by atoms with Gasteiger partial charge in [0.2, 0.25) is 17.7 Å². The fourth-order valence-electron chi connectivity index (χ4n) is 9.43. The molecule has 0 radical (unpaired) electrons. The number of halogens is 1. The molecule has 1 saturated carbocycles. The van der Waals surface area contributed by atoms with Crippen molar-refractivity contribution < 1.29 is 33.8 Å². The molecule has 2 heterocycles. The first-order valence-electron chi connectivity index (χ1n) is 22.9. The summed E-state index contributed by atoms with van der Waals surface area (Å²) in [7, 11) is 0. The number of aliphatic hydroxyl groups is 1. The number of unbranched alkanes of at least 4 members (excludes halogenated alkanes) is 2. The van der Waals surface area contributed by atoms with Gasteiger partial charge in [0.05, 0.1) is 45.9 Å². The Kier molecular flexibility index (Phi) is 16.4. The van der Waals surface area contributed by atoms with Gasteiger partial charge in [0, 0.05) is 48.0 Å². The van der Waals surface area contributed by atoms with E-state index < -0.39 is 29.5 Å². The minimum Gasteiger partial charge on any atom is -0.494 e. The molecule has 1 aromatic heterocycles. The summed E-state index contributed by atoms with van der Waals surface area (Å²) in [4.78, 5) is 60.7. The van der Waals surface area contributed by atoms with Crippen LogP contribution in [0.1, 0.15) is 101 Å². The van der Waals surface area contributed by atoms with Gasteiger partial charge in [0.25, 0.3) is 5.91 Å². The molecule has 0 unspecified atom stereocenters. The SMILES string of the molecule is Cc1ncsc1-c1ccc(CNC(=O)[C@@H]2C[C@@H](O)CN2C(=O)[C@@H](NC(=O)CNCCCCCOc2ccc(C(=O)NC3C(C)(C)C(Oc4ccc(C#N)c(Cl)c4)C3(C)C)cc2)C(C)(C)C)cc1.